The van der Waals surface area contributed by atoms with Gasteiger partial charge in [0.1, 0.15) is 0 Å². The van der Waals surface area contributed by atoms with Crippen molar-refractivity contribution in [3.63, 3.8) is 0 Å². The molecule has 0 fully saturated rings. The lowest BCUT2D eigenvalue weighted by Gasteiger charge is -2.06. The number of thiophene rings is 1. The van der Waals surface area contributed by atoms with E-state index in [0.717, 1.165) is 6.41 Å². The Hall–Kier alpha value is -1.35. The van der Waals surface area contributed by atoms with Gasteiger partial charge in [-0.05, 0) is 17.5 Å². The van der Waals surface area contributed by atoms with E-state index in [2.05, 4.69) is 36.5 Å². The molecule has 1 aromatic carbocycles. The van der Waals surface area contributed by atoms with Gasteiger partial charge in [-0.3, -0.25) is 4.79 Å². The molecule has 0 radical (unpaired) electrons. The summed E-state index contributed by atoms with van der Waals surface area (Å²) in [5.74, 6) is 0.382. The highest BCUT2D eigenvalue weighted by Gasteiger charge is 2.08. The second-order valence-electron chi connectivity index (χ2n) is 3.61. The molecule has 1 amide bonds. The van der Waals surface area contributed by atoms with Gasteiger partial charge < -0.3 is 5.32 Å². The Labute approximate surface area is 92.9 Å². The van der Waals surface area contributed by atoms with E-state index in [1.807, 2.05) is 6.07 Å². The quantitative estimate of drug-likeness (QED) is 0.787. The minimum atomic E-state index is 0.382. The Morgan fingerprint density at radius 1 is 1.47 bits per heavy atom. The summed E-state index contributed by atoms with van der Waals surface area (Å²) in [6, 6.07) is 10.6. The molecule has 15 heavy (non-hydrogen) atoms. The molecule has 3 heteroatoms. The Morgan fingerprint density at radius 3 is 3.00 bits per heavy atom. The molecule has 0 bridgehead atoms. The van der Waals surface area contributed by atoms with Crippen LogP contribution in [0.3, 0.4) is 0 Å². The summed E-state index contributed by atoms with van der Waals surface area (Å²) in [5, 5.41) is 4.00. The second-order valence-corrected chi connectivity index (χ2v) is 4.73. The monoisotopic (exact) mass is 219 g/mol. The molecule has 0 aliphatic carbocycles. The minimum absolute atomic E-state index is 0.382. The Kier molecular flexibility index (Phi) is 3.02. The van der Waals surface area contributed by atoms with Gasteiger partial charge in [-0.15, -0.1) is 11.3 Å². The van der Waals surface area contributed by atoms with Crippen molar-refractivity contribution in [1.29, 1.82) is 0 Å². The van der Waals surface area contributed by atoms with Crippen LogP contribution in [-0.4, -0.2) is 13.0 Å². The van der Waals surface area contributed by atoms with Gasteiger partial charge in [0.25, 0.3) is 0 Å². The van der Waals surface area contributed by atoms with E-state index in [4.69, 9.17) is 0 Å². The number of hydrogen-bond donors (Lipinski definition) is 1. The van der Waals surface area contributed by atoms with Crippen LogP contribution in [0.5, 0.6) is 0 Å². The second kappa shape index (κ2) is 4.45. The topological polar surface area (TPSA) is 29.1 Å². The van der Waals surface area contributed by atoms with E-state index in [9.17, 15) is 4.79 Å². The predicted molar refractivity (Wildman–Crippen MR) is 64.3 cm³/mol. The van der Waals surface area contributed by atoms with Crippen molar-refractivity contribution in [3.05, 3.63) is 35.2 Å². The molecule has 1 atom stereocenters. The van der Waals surface area contributed by atoms with E-state index in [1.165, 1.54) is 15.0 Å². The number of amides is 1. The number of benzene rings is 1. The highest BCUT2D eigenvalue weighted by molar-refractivity contribution is 7.19. The summed E-state index contributed by atoms with van der Waals surface area (Å²) in [4.78, 5) is 11.5. The zero-order chi connectivity index (χ0) is 10.7. The van der Waals surface area contributed by atoms with Crippen molar-refractivity contribution < 1.29 is 4.79 Å². The summed E-state index contributed by atoms with van der Waals surface area (Å²) >= 11 is 1.80. The fourth-order valence-electron chi connectivity index (χ4n) is 1.57. The smallest absolute Gasteiger partial charge is 0.207 e. The maximum atomic E-state index is 10.2. The van der Waals surface area contributed by atoms with Crippen molar-refractivity contribution >= 4 is 27.8 Å². The van der Waals surface area contributed by atoms with Crippen molar-refractivity contribution in [2.75, 3.05) is 6.54 Å². The number of carbonyl (C=O) groups is 1. The van der Waals surface area contributed by atoms with Gasteiger partial charge in [0, 0.05) is 22.0 Å². The van der Waals surface area contributed by atoms with Crippen LogP contribution in [0.1, 0.15) is 17.7 Å². The third kappa shape index (κ3) is 2.18. The van der Waals surface area contributed by atoms with E-state index in [1.54, 1.807) is 11.3 Å². The van der Waals surface area contributed by atoms with E-state index < -0.39 is 0 Å². The number of fused-ring (bicyclic) bond motifs is 1. The van der Waals surface area contributed by atoms with Crippen molar-refractivity contribution in [3.8, 4) is 0 Å². The zero-order valence-corrected chi connectivity index (χ0v) is 9.38. The van der Waals surface area contributed by atoms with Gasteiger partial charge in [0.05, 0.1) is 0 Å². The van der Waals surface area contributed by atoms with Gasteiger partial charge in [-0.25, -0.2) is 0 Å². The predicted octanol–water partition coefficient (Wildman–Crippen LogP) is 2.75. The Balaban J connectivity index is 2.24. The molecule has 2 rings (SSSR count). The normalized spacial score (nSPS) is 12.6. The van der Waals surface area contributed by atoms with Crippen molar-refractivity contribution in [2.45, 2.75) is 12.8 Å². The fourth-order valence-corrected chi connectivity index (χ4v) is 2.69. The maximum Gasteiger partial charge on any atom is 0.207 e. The highest BCUT2D eigenvalue weighted by atomic mass is 32.1. The summed E-state index contributed by atoms with van der Waals surface area (Å²) < 4.78 is 1.31. The van der Waals surface area contributed by atoms with E-state index >= 15 is 0 Å². The standard InChI is InChI=1S/C12H13NOS/c1-9(7-13-8-14)12-6-10-4-2-3-5-11(10)15-12/h2-6,8-9H,7H2,1H3,(H,13,14). The molecule has 0 spiro atoms. The fraction of sp³-hybridized carbons (Fsp3) is 0.250. The average molecular weight is 219 g/mol. The van der Waals surface area contributed by atoms with Crippen LogP contribution in [0.2, 0.25) is 0 Å². The molecule has 0 aliphatic heterocycles. The minimum Gasteiger partial charge on any atom is -0.358 e. The van der Waals surface area contributed by atoms with Gasteiger partial charge >= 0.3 is 0 Å². The van der Waals surface area contributed by atoms with Crippen LogP contribution in [0.15, 0.2) is 30.3 Å². The van der Waals surface area contributed by atoms with E-state index in [0.29, 0.717) is 12.5 Å². The summed E-state index contributed by atoms with van der Waals surface area (Å²) in [6.45, 7) is 2.83. The van der Waals surface area contributed by atoms with Crippen LogP contribution in [0.25, 0.3) is 10.1 Å². The molecule has 0 saturated heterocycles. The summed E-state index contributed by atoms with van der Waals surface area (Å²) in [5.41, 5.74) is 0. The SMILES string of the molecule is CC(CNC=O)c1cc2ccccc2s1. The molecule has 0 aliphatic rings. The molecule has 1 heterocycles. The van der Waals surface area contributed by atoms with Crippen LogP contribution < -0.4 is 5.32 Å². The molecule has 2 aromatic rings. The Bertz CT molecular complexity index is 430. The van der Waals surface area contributed by atoms with Gasteiger partial charge in [-0.1, -0.05) is 25.1 Å². The number of hydrogen-bond acceptors (Lipinski definition) is 2. The lowest BCUT2D eigenvalue weighted by Crippen LogP contribution is -2.17. The first kappa shape index (κ1) is 10.2. The summed E-state index contributed by atoms with van der Waals surface area (Å²) in [7, 11) is 0. The molecular weight excluding hydrogens is 206 g/mol. The van der Waals surface area contributed by atoms with E-state index in [-0.39, 0.29) is 0 Å². The third-order valence-corrected chi connectivity index (χ3v) is 3.79. The van der Waals surface area contributed by atoms with Gasteiger partial charge in [0.15, 0.2) is 0 Å². The number of rotatable bonds is 4. The van der Waals surface area contributed by atoms with Crippen LogP contribution in [0.4, 0.5) is 0 Å². The van der Waals surface area contributed by atoms with Crippen LogP contribution in [0, 0.1) is 0 Å². The average Bonchev–Trinajstić information content (AvgIpc) is 2.69. The van der Waals surface area contributed by atoms with Gasteiger partial charge in [-0.2, -0.15) is 0 Å². The zero-order valence-electron chi connectivity index (χ0n) is 8.57. The molecule has 1 N–H and O–H groups in total. The molecule has 1 unspecified atom stereocenters. The maximum absolute atomic E-state index is 10.2. The lowest BCUT2D eigenvalue weighted by molar-refractivity contribution is -0.109. The first-order valence-electron chi connectivity index (χ1n) is 4.97. The Morgan fingerprint density at radius 2 is 2.27 bits per heavy atom. The first-order chi connectivity index (χ1) is 7.31. The van der Waals surface area contributed by atoms with Gasteiger partial charge in [0.2, 0.25) is 6.41 Å². The van der Waals surface area contributed by atoms with Crippen molar-refractivity contribution in [2.24, 2.45) is 0 Å². The van der Waals surface area contributed by atoms with Crippen LogP contribution in [-0.2, 0) is 4.79 Å². The number of nitrogens with one attached hydrogen (secondary N) is 1. The van der Waals surface area contributed by atoms with Crippen molar-refractivity contribution in [1.82, 2.24) is 5.32 Å². The van der Waals surface area contributed by atoms with Crippen LogP contribution >= 0.6 is 11.3 Å². The molecule has 2 nitrogen and oxygen atoms in total. The molecular formula is C12H13NOS. The molecule has 78 valence electrons. The molecule has 0 saturated carbocycles. The molecule has 1 aromatic heterocycles. The largest absolute Gasteiger partial charge is 0.358 e. The first-order valence-corrected chi connectivity index (χ1v) is 5.78. The third-order valence-electron chi connectivity index (χ3n) is 2.44. The lowest BCUT2D eigenvalue weighted by atomic mass is 10.1. The number of carbonyl (C=O) groups excluding carboxylic acids is 1. The highest BCUT2D eigenvalue weighted by Crippen LogP contribution is 2.30. The summed E-state index contributed by atoms with van der Waals surface area (Å²) in [6.07, 6.45) is 0.754.